The number of nitrogens with zero attached hydrogens (tertiary/aromatic N) is 3. The standard InChI is InChI=1S/C32H35F2N5O3/c1-3-4-12-38(2)32(42)39-19-26(25-10-7-11-35-30(25)39)31(41)37-28(15-20-13-23(33)17-24(34)14-20)29(40)27-16-21-8-5-6-9-22(21)18-36-27/h5-11,13-14,17,19,27-29,36,40H,3-4,12,15-16,18H2,1-2H3,(H,37,41)/t27?,28-,29+/m0/s1. The van der Waals surface area contributed by atoms with Crippen LogP contribution in [0, 0.1) is 11.6 Å². The van der Waals surface area contributed by atoms with Crippen LogP contribution >= 0.6 is 0 Å². The van der Waals surface area contributed by atoms with E-state index in [4.69, 9.17) is 0 Å². The minimum absolute atomic E-state index is 0.0169. The fourth-order valence-electron chi connectivity index (χ4n) is 5.55. The molecular weight excluding hydrogens is 540 g/mol. The molecule has 5 rings (SSSR count). The van der Waals surface area contributed by atoms with Crippen molar-refractivity contribution in [1.82, 2.24) is 25.1 Å². The second-order valence-corrected chi connectivity index (χ2v) is 10.9. The number of unbranched alkanes of at least 4 members (excludes halogenated alkanes) is 1. The Morgan fingerprint density at radius 2 is 1.88 bits per heavy atom. The van der Waals surface area contributed by atoms with Crippen molar-refractivity contribution in [3.8, 4) is 0 Å². The SMILES string of the molecule is CCCCN(C)C(=O)n1cc(C(=O)N[C@@H](Cc2cc(F)cc(F)c2)[C@H](O)C2Cc3ccccc3CN2)c2cccnc21. The van der Waals surface area contributed by atoms with Gasteiger partial charge in [0.15, 0.2) is 0 Å². The molecule has 0 spiro atoms. The van der Waals surface area contributed by atoms with Gasteiger partial charge >= 0.3 is 6.03 Å². The van der Waals surface area contributed by atoms with Crippen LogP contribution in [0.15, 0.2) is 67.0 Å². The molecule has 2 aromatic heterocycles. The third kappa shape index (κ3) is 6.34. The summed E-state index contributed by atoms with van der Waals surface area (Å²) < 4.78 is 29.5. The molecular formula is C32H35F2N5O3. The minimum Gasteiger partial charge on any atom is -0.389 e. The van der Waals surface area contributed by atoms with Crippen molar-refractivity contribution in [3.63, 3.8) is 0 Å². The van der Waals surface area contributed by atoms with E-state index in [9.17, 15) is 23.5 Å². The summed E-state index contributed by atoms with van der Waals surface area (Å²) in [7, 11) is 1.70. The van der Waals surface area contributed by atoms with Crippen molar-refractivity contribution in [2.75, 3.05) is 13.6 Å². The fraction of sp³-hybridized carbons (Fsp3) is 0.344. The zero-order valence-electron chi connectivity index (χ0n) is 23.7. The van der Waals surface area contributed by atoms with Crippen molar-refractivity contribution in [1.29, 1.82) is 0 Å². The first-order chi connectivity index (χ1) is 20.2. The van der Waals surface area contributed by atoms with E-state index in [2.05, 4.69) is 15.6 Å². The zero-order valence-corrected chi connectivity index (χ0v) is 23.7. The summed E-state index contributed by atoms with van der Waals surface area (Å²) in [6.45, 7) is 3.14. The van der Waals surface area contributed by atoms with Gasteiger partial charge in [0.25, 0.3) is 5.91 Å². The summed E-state index contributed by atoms with van der Waals surface area (Å²) in [4.78, 5) is 33.0. The highest BCUT2D eigenvalue weighted by Crippen LogP contribution is 2.23. The molecule has 8 nitrogen and oxygen atoms in total. The zero-order chi connectivity index (χ0) is 29.8. The third-order valence-corrected chi connectivity index (χ3v) is 7.82. The Bertz CT molecular complexity index is 1570. The summed E-state index contributed by atoms with van der Waals surface area (Å²) in [5.41, 5.74) is 3.06. The van der Waals surface area contributed by atoms with Gasteiger partial charge in [-0.3, -0.25) is 9.36 Å². The van der Waals surface area contributed by atoms with E-state index in [1.165, 1.54) is 22.9 Å². The van der Waals surface area contributed by atoms with E-state index >= 15 is 0 Å². The molecule has 3 N–H and O–H groups in total. The number of amides is 2. The molecule has 2 aromatic carbocycles. The molecule has 1 aliphatic heterocycles. The van der Waals surface area contributed by atoms with Gasteiger partial charge in [-0.2, -0.15) is 0 Å². The van der Waals surface area contributed by atoms with Crippen LogP contribution in [-0.2, 0) is 19.4 Å². The van der Waals surface area contributed by atoms with E-state index in [0.29, 0.717) is 36.1 Å². The van der Waals surface area contributed by atoms with Crippen molar-refractivity contribution in [3.05, 3.63) is 101 Å². The number of fused-ring (bicyclic) bond motifs is 2. The molecule has 0 radical (unpaired) electrons. The molecule has 2 amide bonds. The largest absolute Gasteiger partial charge is 0.389 e. The number of halogens is 2. The van der Waals surface area contributed by atoms with Gasteiger partial charge in [-0.15, -0.1) is 0 Å². The lowest BCUT2D eigenvalue weighted by Crippen LogP contribution is -2.55. The molecule has 10 heteroatoms. The van der Waals surface area contributed by atoms with Crippen LogP contribution in [0.5, 0.6) is 0 Å². The predicted molar refractivity (Wildman–Crippen MR) is 156 cm³/mol. The summed E-state index contributed by atoms with van der Waals surface area (Å²) in [5.74, 6) is -2.02. The van der Waals surface area contributed by atoms with Crippen LogP contribution < -0.4 is 10.6 Å². The lowest BCUT2D eigenvalue weighted by Gasteiger charge is -2.34. The van der Waals surface area contributed by atoms with Crippen LogP contribution in [0.1, 0.15) is 46.8 Å². The van der Waals surface area contributed by atoms with E-state index in [1.54, 1.807) is 30.3 Å². The number of aliphatic hydroxyl groups excluding tert-OH is 1. The number of rotatable bonds is 9. The summed E-state index contributed by atoms with van der Waals surface area (Å²) in [6, 6.07) is 12.8. The maximum atomic E-state index is 14.1. The van der Waals surface area contributed by atoms with Crippen molar-refractivity contribution in [2.24, 2.45) is 0 Å². The van der Waals surface area contributed by atoms with Crippen LogP contribution in [0.2, 0.25) is 0 Å². The highest BCUT2D eigenvalue weighted by Gasteiger charge is 2.33. The monoisotopic (exact) mass is 575 g/mol. The molecule has 42 heavy (non-hydrogen) atoms. The molecule has 0 aliphatic carbocycles. The highest BCUT2D eigenvalue weighted by atomic mass is 19.1. The van der Waals surface area contributed by atoms with Gasteiger partial charge in [-0.25, -0.2) is 18.6 Å². The maximum absolute atomic E-state index is 14.1. The van der Waals surface area contributed by atoms with Crippen molar-refractivity contribution < 1.29 is 23.5 Å². The Balaban J connectivity index is 1.45. The predicted octanol–water partition coefficient (Wildman–Crippen LogP) is 4.43. The summed E-state index contributed by atoms with van der Waals surface area (Å²) >= 11 is 0. The molecule has 0 saturated heterocycles. The van der Waals surface area contributed by atoms with Crippen molar-refractivity contribution in [2.45, 2.75) is 57.3 Å². The Hall–Kier alpha value is -4.15. The van der Waals surface area contributed by atoms with Gasteiger partial charge in [-0.1, -0.05) is 37.6 Å². The van der Waals surface area contributed by atoms with Gasteiger partial charge in [0.2, 0.25) is 0 Å². The van der Waals surface area contributed by atoms with Gasteiger partial charge in [0.05, 0.1) is 17.7 Å². The van der Waals surface area contributed by atoms with Gasteiger partial charge < -0.3 is 20.6 Å². The summed E-state index contributed by atoms with van der Waals surface area (Å²) in [6.07, 6.45) is 4.18. The molecule has 220 valence electrons. The lowest BCUT2D eigenvalue weighted by molar-refractivity contribution is 0.0689. The van der Waals surface area contributed by atoms with E-state index in [0.717, 1.165) is 30.0 Å². The molecule has 3 heterocycles. The summed E-state index contributed by atoms with van der Waals surface area (Å²) in [5, 5.41) is 18.3. The number of hydrogen-bond donors (Lipinski definition) is 3. The first-order valence-corrected chi connectivity index (χ1v) is 14.2. The molecule has 0 fully saturated rings. The van der Waals surface area contributed by atoms with Crippen LogP contribution in [0.4, 0.5) is 13.6 Å². The molecule has 0 saturated carbocycles. The number of aromatic nitrogens is 2. The first-order valence-electron chi connectivity index (χ1n) is 14.2. The first kappa shape index (κ1) is 29.3. The molecule has 3 atom stereocenters. The maximum Gasteiger partial charge on any atom is 0.329 e. The number of nitrogens with one attached hydrogen (secondary N) is 2. The quantitative estimate of drug-likeness (QED) is 0.274. The minimum atomic E-state index is -1.10. The Morgan fingerprint density at radius 3 is 2.62 bits per heavy atom. The highest BCUT2D eigenvalue weighted by molar-refractivity contribution is 6.08. The normalized spacial score (nSPS) is 16.1. The van der Waals surface area contributed by atoms with Crippen LogP contribution in [-0.4, -0.2) is 63.3 Å². The van der Waals surface area contributed by atoms with E-state index < -0.39 is 35.7 Å². The third-order valence-electron chi connectivity index (χ3n) is 7.82. The van der Waals surface area contributed by atoms with E-state index in [-0.39, 0.29) is 18.0 Å². The van der Waals surface area contributed by atoms with Gasteiger partial charge in [-0.05, 0) is 60.2 Å². The lowest BCUT2D eigenvalue weighted by atomic mass is 9.88. The fourth-order valence-corrected chi connectivity index (χ4v) is 5.55. The van der Waals surface area contributed by atoms with E-state index in [1.807, 2.05) is 31.2 Å². The average molecular weight is 576 g/mol. The molecule has 4 aromatic rings. The number of aliphatic hydroxyl groups is 1. The second-order valence-electron chi connectivity index (χ2n) is 10.9. The number of carbonyl (C=O) groups is 2. The number of hydrogen-bond acceptors (Lipinski definition) is 5. The average Bonchev–Trinajstić information content (AvgIpc) is 3.38. The van der Waals surface area contributed by atoms with Crippen molar-refractivity contribution >= 4 is 23.0 Å². The number of carbonyl (C=O) groups excluding carboxylic acids is 2. The van der Waals surface area contributed by atoms with Gasteiger partial charge in [0.1, 0.15) is 17.3 Å². The molecule has 0 bridgehead atoms. The topological polar surface area (TPSA) is 99.5 Å². The second kappa shape index (κ2) is 12.8. The Labute approximate surface area is 243 Å². The molecule has 1 aliphatic rings. The van der Waals surface area contributed by atoms with Crippen LogP contribution in [0.25, 0.3) is 11.0 Å². The smallest absolute Gasteiger partial charge is 0.329 e. The van der Waals surface area contributed by atoms with Gasteiger partial charge in [0, 0.05) is 50.0 Å². The number of pyridine rings is 1. The number of benzene rings is 2. The Morgan fingerprint density at radius 1 is 1.14 bits per heavy atom. The Kier molecular flexibility index (Phi) is 8.94. The van der Waals surface area contributed by atoms with Crippen LogP contribution in [0.3, 0.4) is 0 Å². The molecule has 1 unspecified atom stereocenters.